The highest BCUT2D eigenvalue weighted by Crippen LogP contribution is 2.16. The molecule has 1 unspecified atom stereocenters. The van der Waals surface area contributed by atoms with Crippen LogP contribution in [0.5, 0.6) is 0 Å². The van der Waals surface area contributed by atoms with Crippen LogP contribution in [0, 0.1) is 0 Å². The number of hydrogen-bond acceptors (Lipinski definition) is 6. The van der Waals surface area contributed by atoms with Crippen LogP contribution in [-0.2, 0) is 28.6 Å². The van der Waals surface area contributed by atoms with E-state index in [0.29, 0.717) is 19.3 Å². The fraction of sp³-hybridized carbons (Fsp3) is 0.800. The van der Waals surface area contributed by atoms with E-state index in [1.165, 1.54) is 186 Å². The lowest BCUT2D eigenvalue weighted by Crippen LogP contribution is -2.30. The monoisotopic (exact) mass is 993 g/mol. The molecule has 71 heavy (non-hydrogen) atoms. The third kappa shape index (κ3) is 57.9. The number of rotatable bonds is 56. The lowest BCUT2D eigenvalue weighted by atomic mass is 10.0. The largest absolute Gasteiger partial charge is 0.462 e. The molecule has 0 aromatic carbocycles. The van der Waals surface area contributed by atoms with Crippen molar-refractivity contribution in [2.45, 2.75) is 322 Å². The molecule has 6 heteroatoms. The number of ether oxygens (including phenoxy) is 3. The van der Waals surface area contributed by atoms with E-state index in [1.807, 2.05) is 0 Å². The van der Waals surface area contributed by atoms with Crippen molar-refractivity contribution in [2.75, 3.05) is 13.2 Å². The number of allylic oxidation sites excluding steroid dienone is 10. The molecule has 0 N–H and O–H groups in total. The molecule has 0 spiro atoms. The maximum atomic E-state index is 12.9. The molecule has 412 valence electrons. The Morgan fingerprint density at radius 2 is 0.507 bits per heavy atom. The Kier molecular flexibility index (Phi) is 57.2. The van der Waals surface area contributed by atoms with Crippen molar-refractivity contribution >= 4 is 17.9 Å². The van der Waals surface area contributed by atoms with E-state index < -0.39 is 6.10 Å². The first-order chi connectivity index (χ1) is 35.0. The molecular weight excluding hydrogens is 877 g/mol. The van der Waals surface area contributed by atoms with Crippen molar-refractivity contribution in [3.63, 3.8) is 0 Å². The molecule has 0 heterocycles. The highest BCUT2D eigenvalue weighted by molar-refractivity contribution is 5.71. The highest BCUT2D eigenvalue weighted by Gasteiger charge is 2.19. The van der Waals surface area contributed by atoms with Gasteiger partial charge >= 0.3 is 17.9 Å². The molecule has 0 amide bonds. The molecule has 0 saturated carbocycles. The average molecular weight is 994 g/mol. The lowest BCUT2D eigenvalue weighted by Gasteiger charge is -2.18. The summed E-state index contributed by atoms with van der Waals surface area (Å²) in [5.74, 6) is -0.884. The fourth-order valence-electron chi connectivity index (χ4n) is 8.83. The van der Waals surface area contributed by atoms with Crippen LogP contribution in [0.3, 0.4) is 0 Å². The lowest BCUT2D eigenvalue weighted by molar-refractivity contribution is -0.167. The predicted molar refractivity (Wildman–Crippen MR) is 307 cm³/mol. The zero-order chi connectivity index (χ0) is 51.4. The third-order valence-electron chi connectivity index (χ3n) is 13.5. The zero-order valence-corrected chi connectivity index (χ0v) is 47.2. The van der Waals surface area contributed by atoms with Gasteiger partial charge in [-0.1, -0.05) is 268 Å². The van der Waals surface area contributed by atoms with Crippen LogP contribution in [0.4, 0.5) is 0 Å². The Bertz CT molecular complexity index is 1280. The summed E-state index contributed by atoms with van der Waals surface area (Å²) in [6.45, 7) is 6.62. The minimum Gasteiger partial charge on any atom is -0.462 e. The zero-order valence-electron chi connectivity index (χ0n) is 47.2. The molecule has 0 fully saturated rings. The van der Waals surface area contributed by atoms with Crippen LogP contribution in [0.2, 0.25) is 0 Å². The number of esters is 3. The Morgan fingerprint density at radius 1 is 0.282 bits per heavy atom. The normalized spacial score (nSPS) is 12.4. The van der Waals surface area contributed by atoms with Gasteiger partial charge < -0.3 is 14.2 Å². The minimum absolute atomic E-state index is 0.0789. The number of carbonyl (C=O) groups is 3. The van der Waals surface area contributed by atoms with E-state index in [0.717, 1.165) is 89.9 Å². The highest BCUT2D eigenvalue weighted by atomic mass is 16.6. The summed E-state index contributed by atoms with van der Waals surface area (Å²) in [6, 6.07) is 0. The summed E-state index contributed by atoms with van der Waals surface area (Å²) in [4.78, 5) is 38.3. The first-order valence-electron chi connectivity index (χ1n) is 30.8. The van der Waals surface area contributed by atoms with Gasteiger partial charge in [-0.2, -0.15) is 0 Å². The van der Waals surface area contributed by atoms with E-state index in [9.17, 15) is 14.4 Å². The quantitative estimate of drug-likeness (QED) is 0.0261. The van der Waals surface area contributed by atoms with Gasteiger partial charge in [-0.25, -0.2) is 0 Å². The molecule has 0 saturated heterocycles. The van der Waals surface area contributed by atoms with Gasteiger partial charge in [-0.3, -0.25) is 14.4 Å². The molecule has 0 bridgehead atoms. The summed E-state index contributed by atoms with van der Waals surface area (Å²) < 4.78 is 16.9. The molecule has 0 rings (SSSR count). The van der Waals surface area contributed by atoms with E-state index in [1.54, 1.807) is 0 Å². The molecule has 0 aromatic rings. The molecule has 0 aliphatic heterocycles. The fourth-order valence-corrected chi connectivity index (χ4v) is 8.83. The smallest absolute Gasteiger partial charge is 0.306 e. The maximum absolute atomic E-state index is 12.9. The van der Waals surface area contributed by atoms with Crippen molar-refractivity contribution in [3.8, 4) is 0 Å². The average Bonchev–Trinajstić information content (AvgIpc) is 3.37. The summed E-state index contributed by atoms with van der Waals surface area (Å²) in [5.41, 5.74) is 0. The van der Waals surface area contributed by atoms with Crippen molar-refractivity contribution in [1.29, 1.82) is 0 Å². The van der Waals surface area contributed by atoms with Gasteiger partial charge in [0.1, 0.15) is 13.2 Å². The first-order valence-corrected chi connectivity index (χ1v) is 30.8. The number of unbranched alkanes of at least 4 members (excludes halogenated alkanes) is 35. The van der Waals surface area contributed by atoms with Gasteiger partial charge in [0, 0.05) is 19.3 Å². The van der Waals surface area contributed by atoms with Gasteiger partial charge in [-0.05, 0) is 89.9 Å². The van der Waals surface area contributed by atoms with Crippen molar-refractivity contribution in [1.82, 2.24) is 0 Å². The van der Waals surface area contributed by atoms with Crippen LogP contribution >= 0.6 is 0 Å². The Morgan fingerprint density at radius 3 is 0.831 bits per heavy atom. The van der Waals surface area contributed by atoms with Gasteiger partial charge in [0.25, 0.3) is 0 Å². The van der Waals surface area contributed by atoms with E-state index in [2.05, 4.69) is 81.5 Å². The van der Waals surface area contributed by atoms with E-state index >= 15 is 0 Å². The molecule has 6 nitrogen and oxygen atoms in total. The Balaban J connectivity index is 4.40. The van der Waals surface area contributed by atoms with Crippen LogP contribution in [0.15, 0.2) is 60.8 Å². The van der Waals surface area contributed by atoms with Crippen LogP contribution in [-0.4, -0.2) is 37.2 Å². The SMILES string of the molecule is CCCCC/C=C\C/C=C\C/C=C\CCCCCCCCC(=O)OCC(COC(=O)CCCCCCCCCCCCCCCCCC)OC(=O)CCCCCCCCC/C=C\C/C=C\CCCCCC. The van der Waals surface area contributed by atoms with Gasteiger partial charge in [0.05, 0.1) is 0 Å². The number of hydrogen-bond donors (Lipinski definition) is 0. The summed E-state index contributed by atoms with van der Waals surface area (Å²) >= 11 is 0. The molecule has 0 aliphatic rings. The first kappa shape index (κ1) is 68.1. The van der Waals surface area contributed by atoms with Crippen molar-refractivity contribution in [3.05, 3.63) is 60.8 Å². The number of carbonyl (C=O) groups excluding carboxylic acids is 3. The van der Waals surface area contributed by atoms with Gasteiger partial charge in [0.15, 0.2) is 6.10 Å². The van der Waals surface area contributed by atoms with Crippen LogP contribution in [0.1, 0.15) is 316 Å². The Hall–Kier alpha value is -2.89. The molecule has 1 atom stereocenters. The molecule has 0 aliphatic carbocycles. The van der Waals surface area contributed by atoms with Crippen molar-refractivity contribution in [2.24, 2.45) is 0 Å². The van der Waals surface area contributed by atoms with Crippen LogP contribution < -0.4 is 0 Å². The molecule has 0 aromatic heterocycles. The standard InChI is InChI=1S/C65H116O6/c1-4-7-10-13-16-19-22-25-28-31-33-35-37-40-43-46-49-52-55-58-64(67)70-61-62(60-69-63(66)57-54-51-48-45-42-39-36-30-27-24-21-18-15-12-9-6-3)71-65(68)59-56-53-50-47-44-41-38-34-32-29-26-23-20-17-14-11-8-5-2/h16,19-20,23,25,28-29,32-33,35,62H,4-15,17-18,21-22,24,26-27,30-31,34,36-61H2,1-3H3/b19-16-,23-20-,28-25-,32-29-,35-33-. The molecular formula is C65H116O6. The summed E-state index contributed by atoms with van der Waals surface area (Å²) in [6.07, 6.45) is 74.9. The summed E-state index contributed by atoms with van der Waals surface area (Å²) in [5, 5.41) is 0. The topological polar surface area (TPSA) is 78.9 Å². The van der Waals surface area contributed by atoms with Gasteiger partial charge in [0.2, 0.25) is 0 Å². The molecule has 0 radical (unpaired) electrons. The van der Waals surface area contributed by atoms with E-state index in [-0.39, 0.29) is 31.1 Å². The second-order valence-corrected chi connectivity index (χ2v) is 20.6. The minimum atomic E-state index is -0.783. The second-order valence-electron chi connectivity index (χ2n) is 20.6. The third-order valence-corrected chi connectivity index (χ3v) is 13.5. The van der Waals surface area contributed by atoms with Crippen molar-refractivity contribution < 1.29 is 28.6 Å². The Labute approximate surface area is 440 Å². The van der Waals surface area contributed by atoms with E-state index in [4.69, 9.17) is 14.2 Å². The summed E-state index contributed by atoms with van der Waals surface area (Å²) in [7, 11) is 0. The van der Waals surface area contributed by atoms with Gasteiger partial charge in [-0.15, -0.1) is 0 Å². The van der Waals surface area contributed by atoms with Crippen LogP contribution in [0.25, 0.3) is 0 Å². The second kappa shape index (κ2) is 59.7. The predicted octanol–water partition coefficient (Wildman–Crippen LogP) is 20.8. The maximum Gasteiger partial charge on any atom is 0.306 e.